The smallest absolute Gasteiger partial charge is 0.300 e. The molecule has 0 saturated carbocycles. The number of rotatable bonds is 6. The van der Waals surface area contributed by atoms with E-state index in [2.05, 4.69) is 0 Å². The van der Waals surface area contributed by atoms with Crippen LogP contribution in [-0.2, 0) is 9.59 Å². The van der Waals surface area contributed by atoms with E-state index in [0.29, 0.717) is 34.4 Å². The predicted octanol–water partition coefficient (Wildman–Crippen LogP) is 5.66. The van der Waals surface area contributed by atoms with Gasteiger partial charge in [-0.05, 0) is 67.4 Å². The van der Waals surface area contributed by atoms with Crippen LogP contribution in [0.15, 0.2) is 70.9 Å². The van der Waals surface area contributed by atoms with Crippen LogP contribution in [0.3, 0.4) is 0 Å². The lowest BCUT2D eigenvalue weighted by Gasteiger charge is -2.23. The third-order valence-corrected chi connectivity index (χ3v) is 5.70. The first-order valence-corrected chi connectivity index (χ1v) is 10.6. The van der Waals surface area contributed by atoms with Gasteiger partial charge in [0.05, 0.1) is 18.4 Å². The Morgan fingerprint density at radius 2 is 1.91 bits per heavy atom. The van der Waals surface area contributed by atoms with E-state index in [1.54, 1.807) is 54.6 Å². The Hall–Kier alpha value is -3.51. The quantitative estimate of drug-likeness (QED) is 0.297. The summed E-state index contributed by atoms with van der Waals surface area (Å²) in [5.41, 5.74) is 1.62. The summed E-state index contributed by atoms with van der Waals surface area (Å²) in [5, 5.41) is 11.5. The van der Waals surface area contributed by atoms with Gasteiger partial charge in [0.2, 0.25) is 0 Å². The van der Waals surface area contributed by atoms with Crippen LogP contribution in [0.5, 0.6) is 5.75 Å². The van der Waals surface area contributed by atoms with Crippen molar-refractivity contribution >= 4 is 34.7 Å². The standard InChI is InChI=1S/C25H22ClNO5/c1-3-12-31-18-10-7-16(8-11-18)23(28)21-22(20-5-4-13-32-20)27(25(30)24(21)29)17-9-6-15(2)19(26)14-17/h4-11,13-14,22,28H,3,12H2,1-2H3/b23-21-. The molecular formula is C25H22ClNO5. The second kappa shape index (κ2) is 8.93. The zero-order chi connectivity index (χ0) is 22.8. The molecule has 1 amide bonds. The van der Waals surface area contributed by atoms with Crippen LogP contribution in [0.2, 0.25) is 5.02 Å². The number of ether oxygens (including phenoxy) is 1. The maximum atomic E-state index is 13.1. The van der Waals surface area contributed by atoms with Gasteiger partial charge in [0.15, 0.2) is 0 Å². The van der Waals surface area contributed by atoms with E-state index < -0.39 is 17.7 Å². The molecule has 0 spiro atoms. The highest BCUT2D eigenvalue weighted by molar-refractivity contribution is 6.51. The van der Waals surface area contributed by atoms with E-state index in [0.717, 1.165) is 12.0 Å². The average Bonchev–Trinajstić information content (AvgIpc) is 3.41. The first-order valence-electron chi connectivity index (χ1n) is 10.3. The third kappa shape index (κ3) is 3.89. The molecule has 6 nitrogen and oxygen atoms in total. The Balaban J connectivity index is 1.82. The summed E-state index contributed by atoms with van der Waals surface area (Å²) >= 11 is 6.28. The minimum atomic E-state index is -0.931. The Morgan fingerprint density at radius 1 is 1.16 bits per heavy atom. The largest absolute Gasteiger partial charge is 0.507 e. The molecule has 1 N–H and O–H groups in total. The van der Waals surface area contributed by atoms with Gasteiger partial charge in [-0.2, -0.15) is 0 Å². The average molecular weight is 452 g/mol. The van der Waals surface area contributed by atoms with Gasteiger partial charge in [-0.15, -0.1) is 0 Å². The summed E-state index contributed by atoms with van der Waals surface area (Å²) in [6.07, 6.45) is 2.33. The number of aliphatic hydroxyl groups is 1. The fourth-order valence-electron chi connectivity index (χ4n) is 3.63. The van der Waals surface area contributed by atoms with Crippen molar-refractivity contribution < 1.29 is 23.8 Å². The van der Waals surface area contributed by atoms with Gasteiger partial charge in [0, 0.05) is 16.3 Å². The Kier molecular flexibility index (Phi) is 6.06. The fourth-order valence-corrected chi connectivity index (χ4v) is 3.81. The number of benzene rings is 2. The molecule has 1 aromatic heterocycles. The van der Waals surface area contributed by atoms with Crippen molar-refractivity contribution in [1.82, 2.24) is 0 Å². The van der Waals surface area contributed by atoms with Crippen molar-refractivity contribution in [3.63, 3.8) is 0 Å². The second-order valence-electron chi connectivity index (χ2n) is 7.49. The number of halogens is 1. The number of amides is 1. The highest BCUT2D eigenvalue weighted by Crippen LogP contribution is 2.43. The molecule has 1 atom stereocenters. The van der Waals surface area contributed by atoms with Gasteiger partial charge in [0.25, 0.3) is 11.7 Å². The Bertz CT molecular complexity index is 1180. The molecule has 1 aliphatic heterocycles. The lowest BCUT2D eigenvalue weighted by Crippen LogP contribution is -2.29. The number of furan rings is 1. The van der Waals surface area contributed by atoms with E-state index in [1.807, 2.05) is 13.8 Å². The van der Waals surface area contributed by atoms with Crippen molar-refractivity contribution in [3.8, 4) is 5.75 Å². The molecule has 0 radical (unpaired) electrons. The summed E-state index contributed by atoms with van der Waals surface area (Å²) in [7, 11) is 0. The van der Waals surface area contributed by atoms with Crippen molar-refractivity contribution in [1.29, 1.82) is 0 Å². The van der Waals surface area contributed by atoms with Crippen LogP contribution >= 0.6 is 11.6 Å². The molecule has 4 rings (SSSR count). The molecule has 32 heavy (non-hydrogen) atoms. The van der Waals surface area contributed by atoms with Crippen molar-refractivity contribution in [2.45, 2.75) is 26.3 Å². The molecule has 1 fully saturated rings. The van der Waals surface area contributed by atoms with Crippen LogP contribution < -0.4 is 9.64 Å². The maximum absolute atomic E-state index is 13.1. The summed E-state index contributed by atoms with van der Waals surface area (Å²) in [5.74, 6) is -0.846. The molecule has 1 saturated heterocycles. The topological polar surface area (TPSA) is 80.0 Å². The summed E-state index contributed by atoms with van der Waals surface area (Å²) in [4.78, 5) is 27.4. The number of nitrogens with zero attached hydrogens (tertiary/aromatic N) is 1. The van der Waals surface area contributed by atoms with Gasteiger partial charge in [0.1, 0.15) is 23.3 Å². The van der Waals surface area contributed by atoms with Gasteiger partial charge in [-0.3, -0.25) is 14.5 Å². The number of aryl methyl sites for hydroxylation is 1. The lowest BCUT2D eigenvalue weighted by molar-refractivity contribution is -0.132. The van der Waals surface area contributed by atoms with E-state index in [-0.39, 0.29) is 11.3 Å². The second-order valence-corrected chi connectivity index (χ2v) is 7.90. The molecule has 164 valence electrons. The monoisotopic (exact) mass is 451 g/mol. The summed E-state index contributed by atoms with van der Waals surface area (Å²) < 4.78 is 11.1. The summed E-state index contributed by atoms with van der Waals surface area (Å²) in [6, 6.07) is 14.2. The molecule has 2 aromatic carbocycles. The van der Waals surface area contributed by atoms with Crippen LogP contribution in [0.4, 0.5) is 5.69 Å². The zero-order valence-corrected chi connectivity index (χ0v) is 18.4. The normalized spacial score (nSPS) is 17.7. The highest BCUT2D eigenvalue weighted by atomic mass is 35.5. The Labute approximate surface area is 190 Å². The summed E-state index contributed by atoms with van der Waals surface area (Å²) in [6.45, 7) is 4.43. The predicted molar refractivity (Wildman–Crippen MR) is 122 cm³/mol. The minimum Gasteiger partial charge on any atom is -0.507 e. The first kappa shape index (κ1) is 21.7. The number of Topliss-reactive ketones (excluding diaryl/α,β-unsaturated/α-hetero) is 1. The molecule has 2 heterocycles. The molecule has 1 aliphatic rings. The number of ketones is 1. The number of anilines is 1. The first-order chi connectivity index (χ1) is 15.4. The molecular weight excluding hydrogens is 430 g/mol. The van der Waals surface area contributed by atoms with Crippen molar-refractivity contribution in [2.24, 2.45) is 0 Å². The van der Waals surface area contributed by atoms with Gasteiger partial charge in [-0.25, -0.2) is 0 Å². The molecule has 0 bridgehead atoms. The van der Waals surface area contributed by atoms with Crippen LogP contribution in [-0.4, -0.2) is 23.4 Å². The zero-order valence-electron chi connectivity index (χ0n) is 17.7. The number of carbonyl (C=O) groups excluding carboxylic acids is 2. The number of aliphatic hydroxyl groups excluding tert-OH is 1. The molecule has 0 aliphatic carbocycles. The molecule has 1 unspecified atom stereocenters. The minimum absolute atomic E-state index is 0.0520. The fraction of sp³-hybridized carbons (Fsp3) is 0.200. The Morgan fingerprint density at radius 3 is 2.53 bits per heavy atom. The van der Waals surface area contributed by atoms with Gasteiger partial charge < -0.3 is 14.3 Å². The van der Waals surface area contributed by atoms with E-state index >= 15 is 0 Å². The molecule has 7 heteroatoms. The van der Waals surface area contributed by atoms with Crippen LogP contribution in [0, 0.1) is 6.92 Å². The number of hydrogen-bond acceptors (Lipinski definition) is 5. The van der Waals surface area contributed by atoms with Gasteiger partial charge in [-0.1, -0.05) is 24.6 Å². The number of hydrogen-bond donors (Lipinski definition) is 1. The lowest BCUT2D eigenvalue weighted by atomic mass is 9.99. The van der Waals surface area contributed by atoms with E-state index in [9.17, 15) is 14.7 Å². The van der Waals surface area contributed by atoms with Crippen molar-refractivity contribution in [2.75, 3.05) is 11.5 Å². The van der Waals surface area contributed by atoms with Crippen molar-refractivity contribution in [3.05, 3.63) is 88.3 Å². The molecule has 3 aromatic rings. The SMILES string of the molecule is CCCOc1ccc(/C(O)=C2/C(=O)C(=O)N(c3ccc(C)c(Cl)c3)C2c2ccco2)cc1. The van der Waals surface area contributed by atoms with Gasteiger partial charge >= 0.3 is 0 Å². The van der Waals surface area contributed by atoms with E-state index in [4.69, 9.17) is 20.8 Å². The third-order valence-electron chi connectivity index (χ3n) is 5.29. The van der Waals surface area contributed by atoms with Crippen LogP contribution in [0.25, 0.3) is 5.76 Å². The van der Waals surface area contributed by atoms with Crippen LogP contribution in [0.1, 0.15) is 36.3 Å². The maximum Gasteiger partial charge on any atom is 0.300 e. The van der Waals surface area contributed by atoms with E-state index in [1.165, 1.54) is 11.2 Å². The number of carbonyl (C=O) groups is 2. The highest BCUT2D eigenvalue weighted by Gasteiger charge is 2.48.